The first-order chi connectivity index (χ1) is 12.3. The maximum absolute atomic E-state index is 13.5. The number of allylic oxidation sites excluding steroid dienone is 4. The average Bonchev–Trinajstić information content (AvgIpc) is 3.02. The van der Waals surface area contributed by atoms with Gasteiger partial charge in [-0.15, -0.1) is 0 Å². The predicted molar refractivity (Wildman–Crippen MR) is 94.1 cm³/mol. The maximum Gasteiger partial charge on any atom is 0.212 e. The molecule has 0 spiro atoms. The van der Waals surface area contributed by atoms with Crippen LogP contribution in [0.15, 0.2) is 59.6 Å². The molecule has 0 fully saturated rings. The van der Waals surface area contributed by atoms with Gasteiger partial charge in [0.15, 0.2) is 9.84 Å². The molecule has 1 aliphatic rings. The van der Waals surface area contributed by atoms with Crippen LogP contribution in [-0.4, -0.2) is 33.0 Å². The van der Waals surface area contributed by atoms with Crippen molar-refractivity contribution >= 4 is 21.0 Å². The van der Waals surface area contributed by atoms with Crippen LogP contribution in [0.5, 0.6) is 0 Å². The third-order valence-electron chi connectivity index (χ3n) is 4.28. The van der Waals surface area contributed by atoms with Crippen LogP contribution in [0.2, 0.25) is 0 Å². The second kappa shape index (κ2) is 6.72. The second-order valence-electron chi connectivity index (χ2n) is 6.28. The predicted octanol–water partition coefficient (Wildman–Crippen LogP) is 4.03. The lowest BCUT2D eigenvalue weighted by Crippen LogP contribution is -2.18. The molecule has 0 N–H and O–H groups in total. The SMILES string of the molecule is CS(=O)(=O)c1ccc(C2=CC(CF)(CF)C=C2c2ccc(F)nc2)cc1. The van der Waals surface area contributed by atoms with Gasteiger partial charge in [-0.2, -0.15) is 4.39 Å². The molecule has 0 amide bonds. The third kappa shape index (κ3) is 3.44. The number of halogens is 3. The Bertz CT molecular complexity index is 974. The molecule has 7 heteroatoms. The topological polar surface area (TPSA) is 47.0 Å². The molecule has 0 atom stereocenters. The Morgan fingerprint density at radius 2 is 1.46 bits per heavy atom. The van der Waals surface area contributed by atoms with Crippen LogP contribution in [0, 0.1) is 11.4 Å². The highest BCUT2D eigenvalue weighted by molar-refractivity contribution is 7.90. The van der Waals surface area contributed by atoms with Crippen LogP contribution in [0.4, 0.5) is 13.2 Å². The van der Waals surface area contributed by atoms with E-state index in [4.69, 9.17) is 0 Å². The number of sulfone groups is 1. The van der Waals surface area contributed by atoms with Gasteiger partial charge in [0.2, 0.25) is 5.95 Å². The zero-order valence-electron chi connectivity index (χ0n) is 13.9. The van der Waals surface area contributed by atoms with Gasteiger partial charge in [-0.1, -0.05) is 24.3 Å². The monoisotopic (exact) mass is 379 g/mol. The molecule has 2 aromatic rings. The summed E-state index contributed by atoms with van der Waals surface area (Å²) in [5.74, 6) is -0.655. The molecule has 1 aliphatic carbocycles. The van der Waals surface area contributed by atoms with Gasteiger partial charge < -0.3 is 0 Å². The number of benzene rings is 1. The van der Waals surface area contributed by atoms with Gasteiger partial charge in [-0.05, 0) is 41.0 Å². The lowest BCUT2D eigenvalue weighted by atomic mass is 9.93. The molecule has 3 nitrogen and oxygen atoms in total. The van der Waals surface area contributed by atoms with Crippen LogP contribution in [0.1, 0.15) is 11.1 Å². The summed E-state index contributed by atoms with van der Waals surface area (Å²) in [7, 11) is -3.35. The lowest BCUT2D eigenvalue weighted by Gasteiger charge is -2.15. The zero-order chi connectivity index (χ0) is 18.9. The van der Waals surface area contributed by atoms with Crippen molar-refractivity contribution in [2.24, 2.45) is 5.41 Å². The van der Waals surface area contributed by atoms with Crippen molar-refractivity contribution in [2.75, 3.05) is 19.6 Å². The normalized spacial score (nSPS) is 16.3. The molecule has 26 heavy (non-hydrogen) atoms. The summed E-state index contributed by atoms with van der Waals surface area (Å²) < 4.78 is 63.4. The molecule has 0 bridgehead atoms. The van der Waals surface area contributed by atoms with Crippen LogP contribution in [0.3, 0.4) is 0 Å². The minimum atomic E-state index is -3.35. The summed E-state index contributed by atoms with van der Waals surface area (Å²) >= 11 is 0. The first-order valence-corrected chi connectivity index (χ1v) is 9.67. The summed E-state index contributed by atoms with van der Waals surface area (Å²) in [4.78, 5) is 3.75. The van der Waals surface area contributed by atoms with E-state index in [1.54, 1.807) is 12.1 Å². The van der Waals surface area contributed by atoms with E-state index in [-0.39, 0.29) is 4.90 Å². The molecule has 1 aromatic carbocycles. The summed E-state index contributed by atoms with van der Waals surface area (Å²) in [6.45, 7) is -1.85. The summed E-state index contributed by atoms with van der Waals surface area (Å²) in [5, 5.41) is 0. The van der Waals surface area contributed by atoms with E-state index in [1.165, 1.54) is 42.6 Å². The number of nitrogens with zero attached hydrogens (tertiary/aromatic N) is 1. The van der Waals surface area contributed by atoms with E-state index in [9.17, 15) is 21.6 Å². The minimum absolute atomic E-state index is 0.149. The van der Waals surface area contributed by atoms with Gasteiger partial charge in [-0.25, -0.2) is 22.2 Å². The van der Waals surface area contributed by atoms with Crippen molar-refractivity contribution in [3.63, 3.8) is 0 Å². The summed E-state index contributed by atoms with van der Waals surface area (Å²) in [6, 6.07) is 8.71. The Balaban J connectivity index is 2.10. The number of aromatic nitrogens is 1. The van der Waals surface area contributed by atoms with E-state index >= 15 is 0 Å². The van der Waals surface area contributed by atoms with Gasteiger partial charge in [-0.3, -0.25) is 0 Å². The van der Waals surface area contributed by atoms with Gasteiger partial charge in [0.25, 0.3) is 0 Å². The number of hydrogen-bond acceptors (Lipinski definition) is 3. The van der Waals surface area contributed by atoms with Crippen molar-refractivity contribution in [1.29, 1.82) is 0 Å². The van der Waals surface area contributed by atoms with Gasteiger partial charge in [0, 0.05) is 18.0 Å². The van der Waals surface area contributed by atoms with Gasteiger partial charge in [0.05, 0.1) is 10.3 Å². The fourth-order valence-electron chi connectivity index (χ4n) is 2.86. The van der Waals surface area contributed by atoms with Crippen molar-refractivity contribution in [1.82, 2.24) is 4.98 Å². The number of rotatable bonds is 5. The number of pyridine rings is 1. The van der Waals surface area contributed by atoms with Gasteiger partial charge >= 0.3 is 0 Å². The molecule has 0 aliphatic heterocycles. The summed E-state index contributed by atoms with van der Waals surface area (Å²) in [6.07, 6.45) is 5.36. The second-order valence-corrected chi connectivity index (χ2v) is 8.30. The van der Waals surface area contributed by atoms with Gasteiger partial charge in [0.1, 0.15) is 13.3 Å². The Morgan fingerprint density at radius 3 is 1.92 bits per heavy atom. The highest BCUT2D eigenvalue weighted by Crippen LogP contribution is 2.44. The molecule has 3 rings (SSSR count). The highest BCUT2D eigenvalue weighted by Gasteiger charge is 2.34. The smallest absolute Gasteiger partial charge is 0.212 e. The number of hydrogen-bond donors (Lipinski definition) is 0. The molecule has 0 unspecified atom stereocenters. The third-order valence-corrected chi connectivity index (χ3v) is 5.41. The Hall–Kier alpha value is -2.41. The summed E-state index contributed by atoms with van der Waals surface area (Å²) in [5.41, 5.74) is 0.813. The molecule has 0 radical (unpaired) electrons. The van der Waals surface area contributed by atoms with Crippen molar-refractivity contribution in [3.05, 3.63) is 71.8 Å². The van der Waals surface area contributed by atoms with Crippen molar-refractivity contribution in [2.45, 2.75) is 4.90 Å². The van der Waals surface area contributed by atoms with Crippen LogP contribution in [-0.2, 0) is 9.84 Å². The fourth-order valence-corrected chi connectivity index (χ4v) is 3.49. The molecule has 0 saturated heterocycles. The van der Waals surface area contributed by atoms with Crippen molar-refractivity contribution in [3.8, 4) is 0 Å². The maximum atomic E-state index is 13.5. The van der Waals surface area contributed by atoms with Crippen LogP contribution >= 0.6 is 0 Å². The highest BCUT2D eigenvalue weighted by atomic mass is 32.2. The quantitative estimate of drug-likeness (QED) is 0.737. The van der Waals surface area contributed by atoms with Crippen molar-refractivity contribution < 1.29 is 21.6 Å². The Morgan fingerprint density at radius 1 is 0.923 bits per heavy atom. The minimum Gasteiger partial charge on any atom is -0.250 e. The van der Waals surface area contributed by atoms with Crippen LogP contribution < -0.4 is 0 Å². The lowest BCUT2D eigenvalue weighted by molar-refractivity contribution is 0.265. The Kier molecular flexibility index (Phi) is 4.75. The van der Waals surface area contributed by atoms with E-state index in [2.05, 4.69) is 4.98 Å². The van der Waals surface area contributed by atoms with E-state index < -0.39 is 34.5 Å². The van der Waals surface area contributed by atoms with E-state index in [1.807, 2.05) is 0 Å². The fraction of sp³-hybridized carbons (Fsp3) is 0.211. The number of alkyl halides is 2. The molecule has 0 saturated carbocycles. The molecular formula is C19H16F3NO2S. The molecule has 136 valence electrons. The Labute approximate surface area is 149 Å². The molecule has 1 aromatic heterocycles. The van der Waals surface area contributed by atoms with E-state index in [0.717, 1.165) is 6.26 Å². The molecular weight excluding hydrogens is 363 g/mol. The standard InChI is InChI=1S/C19H16F3NO2S/c1-26(24,25)15-5-2-13(3-6-15)16-8-19(11-20,12-21)9-17(16)14-4-7-18(22)23-10-14/h2-10H,11-12H2,1H3. The zero-order valence-corrected chi connectivity index (χ0v) is 14.7. The van der Waals surface area contributed by atoms with Crippen LogP contribution in [0.25, 0.3) is 11.1 Å². The first-order valence-electron chi connectivity index (χ1n) is 7.78. The largest absolute Gasteiger partial charge is 0.250 e. The molecule has 1 heterocycles. The first kappa shape index (κ1) is 18.4. The van der Waals surface area contributed by atoms with E-state index in [0.29, 0.717) is 22.3 Å². The average molecular weight is 379 g/mol.